The second kappa shape index (κ2) is 8.77. The Kier molecular flexibility index (Phi) is 6.90. The van der Waals surface area contributed by atoms with Crippen molar-refractivity contribution in [3.8, 4) is 5.75 Å². The highest BCUT2D eigenvalue weighted by molar-refractivity contribution is 7.89. The Morgan fingerprint density at radius 3 is 2.52 bits per heavy atom. The maximum Gasteiger partial charge on any atom is 0.257 e. The van der Waals surface area contributed by atoms with Crippen molar-refractivity contribution in [1.29, 1.82) is 0 Å². The number of methoxy groups -OCH3 is 1. The number of hydrogen-bond donors (Lipinski definition) is 2. The summed E-state index contributed by atoms with van der Waals surface area (Å²) < 4.78 is 32.7. The van der Waals surface area contributed by atoms with Gasteiger partial charge in [0.1, 0.15) is 15.7 Å². The second-order valence-corrected chi connectivity index (χ2v) is 9.44. The van der Waals surface area contributed by atoms with Crippen molar-refractivity contribution in [2.24, 2.45) is 5.92 Å². The third-order valence-electron chi connectivity index (χ3n) is 3.38. The molecule has 0 aliphatic heterocycles. The van der Waals surface area contributed by atoms with Gasteiger partial charge in [0.25, 0.3) is 5.91 Å². The summed E-state index contributed by atoms with van der Waals surface area (Å²) in [5.41, 5.74) is 0.181. The molecule has 2 rings (SSSR count). The first-order valence-electron chi connectivity index (χ1n) is 8.46. The van der Waals surface area contributed by atoms with Gasteiger partial charge in [0, 0.05) is 18.0 Å². The number of carbonyl (C=O) groups excluding carboxylic acids is 1. The van der Waals surface area contributed by atoms with Crippen molar-refractivity contribution < 1.29 is 17.9 Å². The zero-order valence-electron chi connectivity index (χ0n) is 15.9. The molecule has 10 heteroatoms. The van der Waals surface area contributed by atoms with Crippen molar-refractivity contribution >= 4 is 32.4 Å². The van der Waals surface area contributed by atoms with Gasteiger partial charge in [-0.2, -0.15) is 0 Å². The van der Waals surface area contributed by atoms with Crippen LogP contribution < -0.4 is 14.8 Å². The Labute approximate surface area is 163 Å². The van der Waals surface area contributed by atoms with Gasteiger partial charge in [0.15, 0.2) is 0 Å². The molecule has 1 aromatic heterocycles. The molecule has 2 N–H and O–H groups in total. The number of amides is 1. The van der Waals surface area contributed by atoms with Crippen LogP contribution in [0.4, 0.5) is 5.13 Å². The number of rotatable bonds is 8. The molecule has 148 valence electrons. The van der Waals surface area contributed by atoms with E-state index in [1.807, 2.05) is 0 Å². The third-order valence-corrected chi connectivity index (χ3v) is 5.92. The molecule has 0 fully saturated rings. The fraction of sp³-hybridized carbons (Fsp3) is 0.471. The molecule has 0 unspecified atom stereocenters. The molecular weight excluding hydrogens is 388 g/mol. The summed E-state index contributed by atoms with van der Waals surface area (Å²) in [5, 5.41) is 11.9. The quantitative estimate of drug-likeness (QED) is 0.690. The summed E-state index contributed by atoms with van der Waals surface area (Å²) in [5.74, 6) is 0.130. The largest absolute Gasteiger partial charge is 0.495 e. The lowest BCUT2D eigenvalue weighted by Gasteiger charge is -2.13. The molecule has 0 saturated heterocycles. The summed E-state index contributed by atoms with van der Waals surface area (Å²) in [4.78, 5) is 12.4. The number of aromatic nitrogens is 2. The molecule has 1 aromatic carbocycles. The number of nitrogens with one attached hydrogen (secondary N) is 2. The number of hydrogen-bond acceptors (Lipinski definition) is 7. The van der Waals surface area contributed by atoms with Crippen LogP contribution in [-0.2, 0) is 16.4 Å². The van der Waals surface area contributed by atoms with Gasteiger partial charge in [-0.3, -0.25) is 10.1 Å². The van der Waals surface area contributed by atoms with Gasteiger partial charge in [-0.25, -0.2) is 13.1 Å². The molecule has 0 aliphatic carbocycles. The predicted octanol–water partition coefficient (Wildman–Crippen LogP) is 2.68. The highest BCUT2D eigenvalue weighted by atomic mass is 32.2. The van der Waals surface area contributed by atoms with Gasteiger partial charge in [-0.05, 0) is 38.0 Å². The Morgan fingerprint density at radius 1 is 1.22 bits per heavy atom. The summed E-state index contributed by atoms with van der Waals surface area (Å²) in [6, 6.07) is 3.94. The minimum atomic E-state index is -3.82. The number of nitrogens with zero attached hydrogens (tertiary/aromatic N) is 2. The number of ether oxygens (including phenoxy) is 1. The average molecular weight is 413 g/mol. The number of benzene rings is 1. The van der Waals surface area contributed by atoms with E-state index in [0.717, 1.165) is 11.4 Å². The van der Waals surface area contributed by atoms with E-state index in [2.05, 4.69) is 34.1 Å². The van der Waals surface area contributed by atoms with E-state index >= 15 is 0 Å². The van der Waals surface area contributed by atoms with E-state index < -0.39 is 15.9 Å². The first-order chi connectivity index (χ1) is 12.6. The van der Waals surface area contributed by atoms with Crippen molar-refractivity contribution in [3.05, 3.63) is 28.8 Å². The molecule has 1 amide bonds. The highest BCUT2D eigenvalue weighted by Gasteiger charge is 2.23. The molecule has 0 atom stereocenters. The first kappa shape index (κ1) is 21.3. The Bertz CT molecular complexity index is 907. The van der Waals surface area contributed by atoms with E-state index in [9.17, 15) is 13.2 Å². The molecule has 0 radical (unpaired) electrons. The molecule has 0 saturated carbocycles. The second-order valence-electron chi connectivity index (χ2n) is 6.69. The van der Waals surface area contributed by atoms with Gasteiger partial charge >= 0.3 is 0 Å². The lowest BCUT2D eigenvalue weighted by atomic mass is 10.1. The van der Waals surface area contributed by atoms with Gasteiger partial charge in [0.05, 0.1) is 7.11 Å². The van der Waals surface area contributed by atoms with Crippen molar-refractivity contribution in [2.45, 2.75) is 45.1 Å². The summed E-state index contributed by atoms with van der Waals surface area (Å²) >= 11 is 1.30. The third kappa shape index (κ3) is 5.72. The Morgan fingerprint density at radius 2 is 1.93 bits per heavy atom. The molecule has 1 heterocycles. The molecule has 8 nitrogen and oxygen atoms in total. The van der Waals surface area contributed by atoms with Gasteiger partial charge in [-0.1, -0.05) is 25.2 Å². The zero-order valence-corrected chi connectivity index (χ0v) is 17.6. The molecule has 0 spiro atoms. The molecule has 27 heavy (non-hydrogen) atoms. The van der Waals surface area contributed by atoms with Crippen LogP contribution in [0.5, 0.6) is 5.75 Å². The molecule has 0 bridgehead atoms. The number of carbonyl (C=O) groups is 1. The summed E-state index contributed by atoms with van der Waals surface area (Å²) in [6.07, 6.45) is 0.777. The van der Waals surface area contributed by atoms with E-state index in [4.69, 9.17) is 4.74 Å². The molecular formula is C17H24N4O4S2. The topological polar surface area (TPSA) is 110 Å². The van der Waals surface area contributed by atoms with Gasteiger partial charge < -0.3 is 4.74 Å². The van der Waals surface area contributed by atoms with Crippen molar-refractivity contribution in [1.82, 2.24) is 14.9 Å². The molecule has 2 aromatic rings. The van der Waals surface area contributed by atoms with E-state index in [-0.39, 0.29) is 22.3 Å². The van der Waals surface area contributed by atoms with Crippen LogP contribution in [-0.4, -0.2) is 37.7 Å². The van der Waals surface area contributed by atoms with Crippen molar-refractivity contribution in [2.75, 3.05) is 12.4 Å². The SMILES string of the molecule is COc1ccc(C(=O)Nc2nnc(CC(C)C)s2)cc1S(=O)(=O)NC(C)C. The van der Waals surface area contributed by atoms with E-state index in [1.165, 1.54) is 36.6 Å². The monoisotopic (exact) mass is 412 g/mol. The Balaban J connectivity index is 2.26. The number of anilines is 1. The molecule has 0 aliphatic rings. The zero-order chi connectivity index (χ0) is 20.2. The van der Waals surface area contributed by atoms with Crippen LogP contribution in [0.25, 0.3) is 0 Å². The normalized spacial score (nSPS) is 11.8. The average Bonchev–Trinajstić information content (AvgIpc) is 2.99. The lowest BCUT2D eigenvalue weighted by molar-refractivity contribution is 0.102. The van der Waals surface area contributed by atoms with Gasteiger partial charge in [0.2, 0.25) is 15.2 Å². The van der Waals surface area contributed by atoms with E-state index in [1.54, 1.807) is 13.8 Å². The minimum absolute atomic E-state index is 0.0934. The number of sulfonamides is 1. The summed E-state index contributed by atoms with van der Waals surface area (Å²) in [7, 11) is -2.44. The maximum absolute atomic E-state index is 12.5. The highest BCUT2D eigenvalue weighted by Crippen LogP contribution is 2.26. The maximum atomic E-state index is 12.5. The Hall–Kier alpha value is -2.04. The fourth-order valence-corrected chi connectivity index (χ4v) is 4.70. The summed E-state index contributed by atoms with van der Waals surface area (Å²) in [6.45, 7) is 7.57. The van der Waals surface area contributed by atoms with Crippen LogP contribution >= 0.6 is 11.3 Å². The predicted molar refractivity (Wildman–Crippen MR) is 105 cm³/mol. The fourth-order valence-electron chi connectivity index (χ4n) is 2.31. The smallest absolute Gasteiger partial charge is 0.257 e. The van der Waals surface area contributed by atoms with E-state index in [0.29, 0.717) is 11.0 Å². The van der Waals surface area contributed by atoms with Crippen LogP contribution in [0.1, 0.15) is 43.1 Å². The van der Waals surface area contributed by atoms with Crippen molar-refractivity contribution in [3.63, 3.8) is 0 Å². The van der Waals surface area contributed by atoms with Crippen LogP contribution in [0, 0.1) is 5.92 Å². The lowest BCUT2D eigenvalue weighted by Crippen LogP contribution is -2.30. The first-order valence-corrected chi connectivity index (χ1v) is 10.8. The van der Waals surface area contributed by atoms with Gasteiger partial charge in [-0.15, -0.1) is 10.2 Å². The van der Waals surface area contributed by atoms with Crippen LogP contribution in [0.2, 0.25) is 0 Å². The van der Waals surface area contributed by atoms with Crippen LogP contribution in [0.15, 0.2) is 23.1 Å². The minimum Gasteiger partial charge on any atom is -0.495 e. The standard InChI is InChI=1S/C17H24N4O4S2/c1-10(2)8-15-19-20-17(26-15)18-16(22)12-6-7-13(25-5)14(9-12)27(23,24)21-11(3)4/h6-7,9-11,21H,8H2,1-5H3,(H,18,20,22). The van der Waals surface area contributed by atoms with Crippen LogP contribution in [0.3, 0.4) is 0 Å².